The van der Waals surface area contributed by atoms with Gasteiger partial charge in [-0.25, -0.2) is 9.97 Å². The van der Waals surface area contributed by atoms with Crippen molar-refractivity contribution in [2.75, 3.05) is 5.73 Å². The van der Waals surface area contributed by atoms with Gasteiger partial charge in [0.25, 0.3) is 0 Å². The molecule has 4 heteroatoms. The van der Waals surface area contributed by atoms with Gasteiger partial charge in [0.05, 0.1) is 10.7 Å². The first-order chi connectivity index (χ1) is 7.97. The van der Waals surface area contributed by atoms with Crippen molar-refractivity contribution in [1.82, 2.24) is 9.97 Å². The van der Waals surface area contributed by atoms with Crippen molar-refractivity contribution in [3.05, 3.63) is 40.0 Å². The molecule has 0 aliphatic heterocycles. The van der Waals surface area contributed by atoms with E-state index in [0.717, 1.165) is 22.5 Å². The minimum Gasteiger partial charge on any atom is -0.368 e. The van der Waals surface area contributed by atoms with Crippen LogP contribution in [0.25, 0.3) is 11.3 Å². The Hall–Kier alpha value is -1.61. The molecular weight excluding hydrogens is 234 g/mol. The molecule has 1 aromatic carbocycles. The van der Waals surface area contributed by atoms with Crippen molar-refractivity contribution in [3.63, 3.8) is 0 Å². The first kappa shape index (κ1) is 11.9. The van der Waals surface area contributed by atoms with Crippen LogP contribution in [0.4, 0.5) is 5.95 Å². The molecule has 0 atom stereocenters. The van der Waals surface area contributed by atoms with Gasteiger partial charge in [-0.3, -0.25) is 0 Å². The molecule has 3 nitrogen and oxygen atoms in total. The lowest BCUT2D eigenvalue weighted by molar-refractivity contribution is 1.12. The summed E-state index contributed by atoms with van der Waals surface area (Å²) in [6, 6.07) is 5.85. The number of rotatable bonds is 1. The Morgan fingerprint density at radius 1 is 1.00 bits per heavy atom. The Bertz CT molecular complexity index is 559. The van der Waals surface area contributed by atoms with Crippen molar-refractivity contribution in [1.29, 1.82) is 0 Å². The monoisotopic (exact) mass is 247 g/mol. The third kappa shape index (κ3) is 2.39. The fourth-order valence-electron chi connectivity index (χ4n) is 1.71. The van der Waals surface area contributed by atoms with E-state index in [9.17, 15) is 0 Å². The van der Waals surface area contributed by atoms with Gasteiger partial charge in [0.15, 0.2) is 0 Å². The van der Waals surface area contributed by atoms with Crippen molar-refractivity contribution < 1.29 is 0 Å². The molecule has 1 heterocycles. The summed E-state index contributed by atoms with van der Waals surface area (Å²) < 4.78 is 0. The molecule has 17 heavy (non-hydrogen) atoms. The number of halogens is 1. The maximum Gasteiger partial charge on any atom is 0.220 e. The minimum atomic E-state index is 0.272. The van der Waals surface area contributed by atoms with E-state index in [1.807, 2.05) is 39.0 Å². The van der Waals surface area contributed by atoms with Crippen LogP contribution in [0, 0.1) is 20.8 Å². The molecule has 0 unspecified atom stereocenters. The van der Waals surface area contributed by atoms with Crippen molar-refractivity contribution in [3.8, 4) is 11.3 Å². The van der Waals surface area contributed by atoms with E-state index in [2.05, 4.69) is 9.97 Å². The second-order valence-electron chi connectivity index (χ2n) is 4.17. The van der Waals surface area contributed by atoms with E-state index in [0.29, 0.717) is 5.02 Å². The molecule has 2 N–H and O–H groups in total. The summed E-state index contributed by atoms with van der Waals surface area (Å²) in [6.07, 6.45) is 0. The number of hydrogen-bond donors (Lipinski definition) is 1. The van der Waals surface area contributed by atoms with E-state index >= 15 is 0 Å². The van der Waals surface area contributed by atoms with Crippen LogP contribution in [0.3, 0.4) is 0 Å². The molecule has 0 aliphatic carbocycles. The van der Waals surface area contributed by atoms with Crippen LogP contribution in [0.1, 0.15) is 16.8 Å². The van der Waals surface area contributed by atoms with E-state index in [1.54, 1.807) is 0 Å². The Balaban J connectivity index is 2.64. The number of benzene rings is 1. The van der Waals surface area contributed by atoms with Crippen LogP contribution in [-0.4, -0.2) is 9.97 Å². The third-order valence-corrected chi connectivity index (χ3v) is 3.04. The van der Waals surface area contributed by atoms with Crippen molar-refractivity contribution in [2.45, 2.75) is 20.8 Å². The fourth-order valence-corrected chi connectivity index (χ4v) is 2.02. The van der Waals surface area contributed by atoms with Gasteiger partial charge in [-0.15, -0.1) is 0 Å². The highest BCUT2D eigenvalue weighted by molar-refractivity contribution is 6.33. The summed E-state index contributed by atoms with van der Waals surface area (Å²) in [5, 5.41) is 0.686. The van der Waals surface area contributed by atoms with Gasteiger partial charge in [0.1, 0.15) is 0 Å². The minimum absolute atomic E-state index is 0.272. The predicted octanol–water partition coefficient (Wildman–Crippen LogP) is 3.30. The molecular formula is C13H14ClN3. The van der Waals surface area contributed by atoms with Crippen molar-refractivity contribution in [2.24, 2.45) is 0 Å². The number of aryl methyl sites for hydroxylation is 3. The standard InChI is InChI=1S/C13H14ClN3/c1-7-4-10(11(14)5-8(7)2)12-6-9(3)16-13(15)17-12/h4-6H,1-3H3,(H2,15,16,17). The molecule has 0 bridgehead atoms. The number of nitrogen functional groups attached to an aromatic ring is 1. The molecule has 0 aliphatic rings. The average molecular weight is 248 g/mol. The van der Waals surface area contributed by atoms with E-state index < -0.39 is 0 Å². The number of nitrogens with zero attached hydrogens (tertiary/aromatic N) is 2. The molecule has 0 saturated carbocycles. The summed E-state index contributed by atoms with van der Waals surface area (Å²) in [4.78, 5) is 8.27. The Morgan fingerprint density at radius 3 is 2.29 bits per heavy atom. The highest BCUT2D eigenvalue weighted by atomic mass is 35.5. The largest absolute Gasteiger partial charge is 0.368 e. The zero-order valence-corrected chi connectivity index (χ0v) is 10.8. The SMILES string of the molecule is Cc1cc(-c2cc(C)c(C)cc2Cl)nc(N)n1. The van der Waals surface area contributed by atoms with Gasteiger partial charge in [-0.05, 0) is 50.1 Å². The van der Waals surface area contributed by atoms with E-state index in [1.165, 1.54) is 5.56 Å². The number of aromatic nitrogens is 2. The lowest BCUT2D eigenvalue weighted by Crippen LogP contribution is -1.99. The van der Waals surface area contributed by atoms with Crippen LogP contribution in [0.2, 0.25) is 5.02 Å². The zero-order chi connectivity index (χ0) is 12.6. The third-order valence-electron chi connectivity index (χ3n) is 2.73. The summed E-state index contributed by atoms with van der Waals surface area (Å²) in [6.45, 7) is 5.97. The van der Waals surface area contributed by atoms with Gasteiger partial charge >= 0.3 is 0 Å². The lowest BCUT2D eigenvalue weighted by atomic mass is 10.0. The first-order valence-electron chi connectivity index (χ1n) is 5.35. The topological polar surface area (TPSA) is 51.8 Å². The molecule has 2 aromatic rings. The predicted molar refractivity (Wildman–Crippen MR) is 71.1 cm³/mol. The Morgan fingerprint density at radius 2 is 1.65 bits per heavy atom. The van der Waals surface area contributed by atoms with Crippen LogP contribution in [0.5, 0.6) is 0 Å². The van der Waals surface area contributed by atoms with Crippen LogP contribution in [-0.2, 0) is 0 Å². The molecule has 1 aromatic heterocycles. The van der Waals surface area contributed by atoms with Gasteiger partial charge in [-0.1, -0.05) is 11.6 Å². The quantitative estimate of drug-likeness (QED) is 0.841. The Kier molecular flexibility index (Phi) is 3.03. The molecule has 0 amide bonds. The molecule has 0 saturated heterocycles. The van der Waals surface area contributed by atoms with E-state index in [4.69, 9.17) is 17.3 Å². The van der Waals surface area contributed by atoms with Gasteiger partial charge < -0.3 is 5.73 Å². The molecule has 0 fully saturated rings. The van der Waals surface area contributed by atoms with Gasteiger partial charge in [-0.2, -0.15) is 0 Å². The molecule has 88 valence electrons. The smallest absolute Gasteiger partial charge is 0.220 e. The van der Waals surface area contributed by atoms with Crippen LogP contribution < -0.4 is 5.73 Å². The average Bonchev–Trinajstić information content (AvgIpc) is 2.22. The van der Waals surface area contributed by atoms with E-state index in [-0.39, 0.29) is 5.95 Å². The molecule has 0 spiro atoms. The summed E-state index contributed by atoms with van der Waals surface area (Å²) in [5.74, 6) is 0.272. The lowest BCUT2D eigenvalue weighted by Gasteiger charge is -2.09. The maximum atomic E-state index is 6.24. The second kappa shape index (κ2) is 4.34. The summed E-state index contributed by atoms with van der Waals surface area (Å²) in [7, 11) is 0. The van der Waals surface area contributed by atoms with Gasteiger partial charge in [0.2, 0.25) is 5.95 Å². The van der Waals surface area contributed by atoms with Crippen molar-refractivity contribution >= 4 is 17.5 Å². The number of anilines is 1. The summed E-state index contributed by atoms with van der Waals surface area (Å²) >= 11 is 6.24. The highest BCUT2D eigenvalue weighted by Gasteiger charge is 2.09. The fraction of sp³-hybridized carbons (Fsp3) is 0.231. The normalized spacial score (nSPS) is 10.6. The summed E-state index contributed by atoms with van der Waals surface area (Å²) in [5.41, 5.74) is 10.5. The highest BCUT2D eigenvalue weighted by Crippen LogP contribution is 2.29. The number of hydrogen-bond acceptors (Lipinski definition) is 3. The van der Waals surface area contributed by atoms with Crippen LogP contribution in [0.15, 0.2) is 18.2 Å². The van der Waals surface area contributed by atoms with Crippen LogP contribution >= 0.6 is 11.6 Å². The van der Waals surface area contributed by atoms with Gasteiger partial charge in [0, 0.05) is 11.3 Å². The molecule has 0 radical (unpaired) electrons. The number of nitrogens with two attached hydrogens (primary N) is 1. The zero-order valence-electron chi connectivity index (χ0n) is 10.1. The maximum absolute atomic E-state index is 6.24. The second-order valence-corrected chi connectivity index (χ2v) is 4.58. The molecule has 2 rings (SSSR count). The first-order valence-corrected chi connectivity index (χ1v) is 5.73. The Labute approximate surface area is 106 Å².